The molecule has 1 saturated carbocycles. The van der Waals surface area contributed by atoms with E-state index in [2.05, 4.69) is 10.3 Å². The zero-order valence-corrected chi connectivity index (χ0v) is 18.7. The van der Waals surface area contributed by atoms with Crippen molar-refractivity contribution < 1.29 is 14.4 Å². The van der Waals surface area contributed by atoms with Gasteiger partial charge in [-0.2, -0.15) is 0 Å². The molecule has 33 heavy (non-hydrogen) atoms. The number of carbonyl (C=O) groups is 3. The highest BCUT2D eigenvalue weighted by Gasteiger charge is 2.48. The normalized spacial score (nSPS) is 25.0. The zero-order valence-electron chi connectivity index (χ0n) is 18.7. The van der Waals surface area contributed by atoms with Crippen molar-refractivity contribution in [3.8, 4) is 0 Å². The number of amides is 3. The van der Waals surface area contributed by atoms with E-state index in [4.69, 9.17) is 0 Å². The van der Waals surface area contributed by atoms with E-state index < -0.39 is 0 Å². The second-order valence-electron chi connectivity index (χ2n) is 9.53. The average molecular weight is 452 g/mol. The second-order valence-corrected chi connectivity index (χ2v) is 9.53. The summed E-state index contributed by atoms with van der Waals surface area (Å²) in [5, 5.41) is 3.40. The Morgan fingerprint density at radius 1 is 1.15 bits per heavy atom. The Morgan fingerprint density at radius 3 is 2.79 bits per heavy atom. The van der Waals surface area contributed by atoms with Gasteiger partial charge in [-0.25, -0.2) is 4.98 Å². The number of carbonyl (C=O) groups excluding carboxylic acids is 3. The van der Waals surface area contributed by atoms with E-state index in [0.717, 1.165) is 25.7 Å². The summed E-state index contributed by atoms with van der Waals surface area (Å²) in [6, 6.07) is 6.98. The van der Waals surface area contributed by atoms with Gasteiger partial charge in [0.2, 0.25) is 17.7 Å². The van der Waals surface area contributed by atoms with Gasteiger partial charge in [0.1, 0.15) is 11.5 Å². The van der Waals surface area contributed by atoms with Gasteiger partial charge in [-0.1, -0.05) is 18.9 Å². The maximum Gasteiger partial charge on any atom is 0.259 e. The second kappa shape index (κ2) is 8.61. The molecule has 3 aliphatic rings. The molecule has 174 valence electrons. The highest BCUT2D eigenvalue weighted by Crippen LogP contribution is 2.47. The van der Waals surface area contributed by atoms with Crippen LogP contribution in [0.4, 0.5) is 5.82 Å². The van der Waals surface area contributed by atoms with Crippen LogP contribution in [0.5, 0.6) is 0 Å². The molecule has 9 nitrogen and oxygen atoms in total. The van der Waals surface area contributed by atoms with Gasteiger partial charge >= 0.3 is 0 Å². The first kappa shape index (κ1) is 21.6. The Bertz CT molecular complexity index is 1140. The summed E-state index contributed by atoms with van der Waals surface area (Å²) in [5.74, 6) is 0.586. The first-order valence-electron chi connectivity index (χ1n) is 11.8. The number of anilines is 1. The summed E-state index contributed by atoms with van der Waals surface area (Å²) in [6.07, 6.45) is 6.74. The van der Waals surface area contributed by atoms with Gasteiger partial charge in [-0.3, -0.25) is 28.5 Å². The quantitative estimate of drug-likeness (QED) is 0.670. The van der Waals surface area contributed by atoms with E-state index in [1.807, 2.05) is 11.0 Å². The Balaban J connectivity index is 1.26. The lowest BCUT2D eigenvalue weighted by Gasteiger charge is -2.38. The van der Waals surface area contributed by atoms with E-state index >= 15 is 0 Å². The van der Waals surface area contributed by atoms with Gasteiger partial charge in [-0.05, 0) is 30.9 Å². The molecule has 2 unspecified atom stereocenters. The highest BCUT2D eigenvalue weighted by molar-refractivity contribution is 6.02. The fourth-order valence-electron chi connectivity index (χ4n) is 5.71. The van der Waals surface area contributed by atoms with Crippen LogP contribution in [-0.4, -0.2) is 63.1 Å². The molecule has 3 fully saturated rings. The number of hydrogen-bond donors (Lipinski definition) is 1. The van der Waals surface area contributed by atoms with Crippen LogP contribution in [0.3, 0.4) is 0 Å². The van der Waals surface area contributed by atoms with Crippen molar-refractivity contribution >= 4 is 29.2 Å². The van der Waals surface area contributed by atoms with Crippen molar-refractivity contribution in [1.82, 2.24) is 19.2 Å². The Morgan fingerprint density at radius 2 is 1.97 bits per heavy atom. The predicted molar refractivity (Wildman–Crippen MR) is 121 cm³/mol. The third kappa shape index (κ3) is 4.12. The summed E-state index contributed by atoms with van der Waals surface area (Å²) in [5.41, 5.74) is 0.408. The summed E-state index contributed by atoms with van der Waals surface area (Å²) >= 11 is 0. The topological polar surface area (TPSA) is 104 Å². The maximum absolute atomic E-state index is 13.0. The molecular weight excluding hydrogens is 422 g/mol. The fraction of sp³-hybridized carbons (Fsp3) is 0.542. The zero-order chi connectivity index (χ0) is 23.0. The molecule has 2 aliphatic heterocycles. The number of aromatic nitrogens is 2. The van der Waals surface area contributed by atoms with Crippen LogP contribution in [0.1, 0.15) is 44.9 Å². The molecule has 0 aromatic carbocycles. The highest BCUT2D eigenvalue weighted by atomic mass is 16.2. The molecule has 2 atom stereocenters. The standard InChI is InChI=1S/C24H29N5O4/c30-20(9-12-29-21(31)7-8-22(29)32)27-14-17-5-1-3-10-24(17,16-27)15-25-18-13-23(33)28-11-4-2-6-19(28)26-18/h2,4,6,11,13,17,25H,1,3,5,7-10,12,14-16H2. The van der Waals surface area contributed by atoms with Gasteiger partial charge < -0.3 is 10.2 Å². The lowest BCUT2D eigenvalue weighted by molar-refractivity contribution is -0.139. The monoisotopic (exact) mass is 451 g/mol. The molecule has 0 spiro atoms. The smallest absolute Gasteiger partial charge is 0.259 e. The summed E-state index contributed by atoms with van der Waals surface area (Å²) in [6.45, 7) is 2.18. The fourth-order valence-corrected chi connectivity index (χ4v) is 5.71. The molecule has 5 rings (SSSR count). The molecule has 0 bridgehead atoms. The minimum absolute atomic E-state index is 0.00153. The first-order valence-corrected chi connectivity index (χ1v) is 11.8. The molecular formula is C24H29N5O4. The van der Waals surface area contributed by atoms with Gasteiger partial charge in [0.25, 0.3) is 5.56 Å². The third-order valence-electron chi connectivity index (χ3n) is 7.54. The molecule has 9 heteroatoms. The van der Waals surface area contributed by atoms with Crippen molar-refractivity contribution in [1.29, 1.82) is 0 Å². The molecule has 0 radical (unpaired) electrons. The molecule has 2 aromatic heterocycles. The average Bonchev–Trinajstić information content (AvgIpc) is 3.36. The lowest BCUT2D eigenvalue weighted by Crippen LogP contribution is -2.41. The molecule has 2 aromatic rings. The van der Waals surface area contributed by atoms with Crippen LogP contribution in [0.2, 0.25) is 0 Å². The minimum atomic E-state index is -0.178. The molecule has 3 amide bonds. The van der Waals surface area contributed by atoms with Gasteiger partial charge in [0, 0.05) is 63.1 Å². The number of hydrogen-bond acceptors (Lipinski definition) is 6. The number of imide groups is 1. The number of nitrogens with zero attached hydrogens (tertiary/aromatic N) is 4. The van der Waals surface area contributed by atoms with Gasteiger partial charge in [0.15, 0.2) is 0 Å². The van der Waals surface area contributed by atoms with Crippen LogP contribution in [0.15, 0.2) is 35.3 Å². The minimum Gasteiger partial charge on any atom is -0.369 e. The van der Waals surface area contributed by atoms with Crippen molar-refractivity contribution in [2.75, 3.05) is 31.5 Å². The Labute approximate surface area is 191 Å². The molecule has 2 saturated heterocycles. The maximum atomic E-state index is 13.0. The van der Waals surface area contributed by atoms with Gasteiger partial charge in [0.05, 0.1) is 0 Å². The largest absolute Gasteiger partial charge is 0.369 e. The van der Waals surface area contributed by atoms with E-state index in [1.165, 1.54) is 15.4 Å². The third-order valence-corrected chi connectivity index (χ3v) is 7.54. The van der Waals surface area contributed by atoms with E-state index in [1.54, 1.807) is 18.3 Å². The SMILES string of the molecule is O=C(CCN1C(=O)CCC1=O)N1CC2CCCCC2(CNc2cc(=O)n3ccccc3n2)C1. The van der Waals surface area contributed by atoms with Crippen LogP contribution >= 0.6 is 0 Å². The number of pyridine rings is 1. The van der Waals surface area contributed by atoms with Gasteiger partial charge in [-0.15, -0.1) is 0 Å². The van der Waals surface area contributed by atoms with Crippen molar-refractivity contribution in [2.45, 2.75) is 44.9 Å². The first-order chi connectivity index (χ1) is 15.9. The van der Waals surface area contributed by atoms with Crippen LogP contribution in [0.25, 0.3) is 5.65 Å². The van der Waals surface area contributed by atoms with E-state index in [9.17, 15) is 19.2 Å². The molecule has 1 aliphatic carbocycles. The van der Waals surface area contributed by atoms with Crippen molar-refractivity contribution in [3.05, 3.63) is 40.8 Å². The van der Waals surface area contributed by atoms with E-state index in [-0.39, 0.29) is 54.5 Å². The lowest BCUT2D eigenvalue weighted by atomic mass is 9.68. The Kier molecular flexibility index (Phi) is 5.64. The predicted octanol–water partition coefficient (Wildman–Crippen LogP) is 1.66. The number of likely N-dealkylation sites (tertiary alicyclic amines) is 2. The van der Waals surface area contributed by atoms with Crippen LogP contribution in [-0.2, 0) is 14.4 Å². The van der Waals surface area contributed by atoms with Crippen molar-refractivity contribution in [2.24, 2.45) is 11.3 Å². The molecule has 4 heterocycles. The van der Waals surface area contributed by atoms with E-state index in [0.29, 0.717) is 37.0 Å². The number of rotatable bonds is 6. The van der Waals surface area contributed by atoms with Crippen LogP contribution < -0.4 is 10.9 Å². The van der Waals surface area contributed by atoms with Crippen LogP contribution in [0, 0.1) is 11.3 Å². The molecule has 1 N–H and O–H groups in total. The number of nitrogens with one attached hydrogen (secondary N) is 1. The Hall–Kier alpha value is -3.23. The number of fused-ring (bicyclic) bond motifs is 2. The van der Waals surface area contributed by atoms with Crippen molar-refractivity contribution in [3.63, 3.8) is 0 Å². The summed E-state index contributed by atoms with van der Waals surface area (Å²) < 4.78 is 1.51. The summed E-state index contributed by atoms with van der Waals surface area (Å²) in [4.78, 5) is 56.8. The summed E-state index contributed by atoms with van der Waals surface area (Å²) in [7, 11) is 0.